The zero-order valence-corrected chi connectivity index (χ0v) is 12.6. The van der Waals surface area contributed by atoms with E-state index < -0.39 is 5.60 Å². The molecule has 0 aromatic rings. The smallest absolute Gasteiger partial charge is 0.410 e. The first-order valence-electron chi connectivity index (χ1n) is 7.48. The Morgan fingerprint density at radius 3 is 2.75 bits per heavy atom. The Bertz CT molecular complexity index is 425. The third-order valence-corrected chi connectivity index (χ3v) is 3.77. The van der Waals surface area contributed by atoms with Gasteiger partial charge in [-0.1, -0.05) is 0 Å². The molecule has 0 bridgehead atoms. The summed E-state index contributed by atoms with van der Waals surface area (Å²) >= 11 is 0. The maximum atomic E-state index is 12.1. The summed E-state index contributed by atoms with van der Waals surface area (Å²) in [5, 5.41) is 3.48. The number of amides is 1. The van der Waals surface area contributed by atoms with Gasteiger partial charge in [-0.05, 0) is 33.6 Å². The van der Waals surface area contributed by atoms with E-state index in [2.05, 4.69) is 15.2 Å². The van der Waals surface area contributed by atoms with Gasteiger partial charge in [0.25, 0.3) is 0 Å². The van der Waals surface area contributed by atoms with E-state index in [1.807, 2.05) is 25.7 Å². The molecule has 2 heterocycles. The van der Waals surface area contributed by atoms with E-state index in [0.717, 1.165) is 19.0 Å². The minimum absolute atomic E-state index is 0.208. The Balaban J connectivity index is 1.54. The molecule has 1 amide bonds. The molecule has 6 heteroatoms. The number of nitrogens with one attached hydrogen (secondary N) is 1. The first kappa shape index (κ1) is 13.5. The molecule has 112 valence electrons. The topological polar surface area (TPSA) is 57.2 Å². The first-order valence-corrected chi connectivity index (χ1v) is 7.48. The van der Waals surface area contributed by atoms with Crippen LogP contribution in [0.25, 0.3) is 0 Å². The number of hydrogen-bond acceptors (Lipinski definition) is 5. The number of rotatable bonds is 1. The molecule has 2 aliphatic heterocycles. The van der Waals surface area contributed by atoms with Crippen LogP contribution in [0.1, 0.15) is 33.6 Å². The minimum atomic E-state index is -0.431. The number of aliphatic imine (C=N–C) groups is 1. The van der Waals surface area contributed by atoms with Crippen LogP contribution in [0, 0.1) is 0 Å². The molecule has 2 fully saturated rings. The van der Waals surface area contributed by atoms with E-state index in [1.165, 1.54) is 12.8 Å². The van der Waals surface area contributed by atoms with Crippen molar-refractivity contribution in [3.63, 3.8) is 0 Å². The molecule has 0 unspecified atom stereocenters. The van der Waals surface area contributed by atoms with Gasteiger partial charge in [0.1, 0.15) is 5.60 Å². The van der Waals surface area contributed by atoms with Crippen molar-refractivity contribution in [1.29, 1.82) is 0 Å². The average Bonchev–Trinajstić information content (AvgIpc) is 3.07. The Kier molecular flexibility index (Phi) is 3.26. The molecule has 3 aliphatic rings. The SMILES string of the molecule is CC(C)(C)OC(=O)N1CCN2C(NC3CC3)=NC[C@@H]2C1. The standard InChI is InChI=1S/C14H24N4O2/c1-14(2,3)20-13(19)17-6-7-18-11(9-17)8-15-12(18)16-10-4-5-10/h10-11H,4-9H2,1-3H3,(H,15,16)/t11-/m1/s1. The van der Waals surface area contributed by atoms with Gasteiger partial charge < -0.3 is 19.9 Å². The highest BCUT2D eigenvalue weighted by atomic mass is 16.6. The number of fused-ring (bicyclic) bond motifs is 1. The Hall–Kier alpha value is -1.46. The second-order valence-corrected chi connectivity index (χ2v) is 6.86. The molecular formula is C14H24N4O2. The number of ether oxygens (including phenoxy) is 1. The predicted octanol–water partition coefficient (Wildman–Crippen LogP) is 1.03. The number of carbonyl (C=O) groups is 1. The van der Waals surface area contributed by atoms with Gasteiger partial charge in [0.15, 0.2) is 5.96 Å². The van der Waals surface area contributed by atoms with Crippen LogP contribution in [0.2, 0.25) is 0 Å². The van der Waals surface area contributed by atoms with Crippen molar-refractivity contribution in [1.82, 2.24) is 15.1 Å². The minimum Gasteiger partial charge on any atom is -0.444 e. The van der Waals surface area contributed by atoms with E-state index in [1.54, 1.807) is 0 Å². The summed E-state index contributed by atoms with van der Waals surface area (Å²) in [6.07, 6.45) is 2.30. The summed E-state index contributed by atoms with van der Waals surface area (Å²) in [7, 11) is 0. The predicted molar refractivity (Wildman–Crippen MR) is 76.8 cm³/mol. The highest BCUT2D eigenvalue weighted by molar-refractivity contribution is 5.83. The Morgan fingerprint density at radius 2 is 2.10 bits per heavy atom. The molecular weight excluding hydrogens is 256 g/mol. The zero-order chi connectivity index (χ0) is 14.3. The lowest BCUT2D eigenvalue weighted by Crippen LogP contribution is -2.57. The van der Waals surface area contributed by atoms with Gasteiger partial charge in [-0.3, -0.25) is 4.99 Å². The number of carbonyl (C=O) groups excluding carboxylic acids is 1. The zero-order valence-electron chi connectivity index (χ0n) is 12.6. The summed E-state index contributed by atoms with van der Waals surface area (Å²) in [6, 6.07) is 0.925. The number of nitrogens with zero attached hydrogens (tertiary/aromatic N) is 3. The second-order valence-electron chi connectivity index (χ2n) is 6.86. The van der Waals surface area contributed by atoms with Crippen molar-refractivity contribution in [2.24, 2.45) is 4.99 Å². The molecule has 0 radical (unpaired) electrons. The van der Waals surface area contributed by atoms with Crippen molar-refractivity contribution in [2.45, 2.75) is 51.3 Å². The third kappa shape index (κ3) is 2.99. The maximum absolute atomic E-state index is 12.1. The number of guanidine groups is 1. The van der Waals surface area contributed by atoms with Crippen molar-refractivity contribution in [2.75, 3.05) is 26.2 Å². The molecule has 0 aromatic heterocycles. The van der Waals surface area contributed by atoms with E-state index in [4.69, 9.17) is 4.74 Å². The molecule has 1 aliphatic carbocycles. The molecule has 1 saturated heterocycles. The van der Waals surface area contributed by atoms with Gasteiger partial charge in [0.2, 0.25) is 0 Å². The molecule has 0 spiro atoms. The van der Waals surface area contributed by atoms with Gasteiger partial charge in [0.05, 0.1) is 12.6 Å². The quantitative estimate of drug-likeness (QED) is 0.779. The lowest BCUT2D eigenvalue weighted by atomic mass is 10.2. The van der Waals surface area contributed by atoms with Crippen molar-refractivity contribution in [3.05, 3.63) is 0 Å². The van der Waals surface area contributed by atoms with E-state index in [9.17, 15) is 4.79 Å². The summed E-state index contributed by atoms with van der Waals surface area (Å²) in [4.78, 5) is 20.8. The largest absolute Gasteiger partial charge is 0.444 e. The van der Waals surface area contributed by atoms with Crippen molar-refractivity contribution in [3.8, 4) is 0 Å². The normalized spacial score (nSPS) is 26.1. The van der Waals surface area contributed by atoms with Gasteiger partial charge in [-0.15, -0.1) is 0 Å². The molecule has 1 N–H and O–H groups in total. The highest BCUT2D eigenvalue weighted by Gasteiger charge is 2.37. The van der Waals surface area contributed by atoms with Gasteiger partial charge in [0, 0.05) is 25.7 Å². The summed E-state index contributed by atoms with van der Waals surface area (Å²) in [6.45, 7) is 8.72. The number of piperazine rings is 1. The van der Waals surface area contributed by atoms with Crippen LogP contribution in [0.3, 0.4) is 0 Å². The van der Waals surface area contributed by atoms with Crippen LogP contribution in [0.5, 0.6) is 0 Å². The third-order valence-electron chi connectivity index (χ3n) is 3.77. The van der Waals surface area contributed by atoms with E-state index >= 15 is 0 Å². The second kappa shape index (κ2) is 4.82. The summed E-state index contributed by atoms with van der Waals surface area (Å²) in [5.74, 6) is 1.03. The van der Waals surface area contributed by atoms with Crippen LogP contribution in [0.4, 0.5) is 4.79 Å². The fourth-order valence-electron chi connectivity index (χ4n) is 2.60. The lowest BCUT2D eigenvalue weighted by molar-refractivity contribution is 0.0137. The summed E-state index contributed by atoms with van der Waals surface area (Å²) in [5.41, 5.74) is -0.431. The summed E-state index contributed by atoms with van der Waals surface area (Å²) < 4.78 is 5.44. The van der Waals surface area contributed by atoms with Crippen LogP contribution >= 0.6 is 0 Å². The van der Waals surface area contributed by atoms with Gasteiger partial charge in [-0.25, -0.2) is 4.79 Å². The van der Waals surface area contributed by atoms with Crippen LogP contribution in [-0.4, -0.2) is 65.7 Å². The van der Waals surface area contributed by atoms with E-state index in [-0.39, 0.29) is 6.09 Å². The molecule has 3 rings (SSSR count). The van der Waals surface area contributed by atoms with Crippen LogP contribution in [-0.2, 0) is 4.74 Å². The van der Waals surface area contributed by atoms with Crippen molar-refractivity contribution < 1.29 is 9.53 Å². The van der Waals surface area contributed by atoms with Gasteiger partial charge >= 0.3 is 6.09 Å². The van der Waals surface area contributed by atoms with Crippen LogP contribution in [0.15, 0.2) is 4.99 Å². The maximum Gasteiger partial charge on any atom is 0.410 e. The number of hydrogen-bond donors (Lipinski definition) is 1. The highest BCUT2D eigenvalue weighted by Crippen LogP contribution is 2.23. The molecule has 20 heavy (non-hydrogen) atoms. The van der Waals surface area contributed by atoms with E-state index in [0.29, 0.717) is 25.2 Å². The van der Waals surface area contributed by atoms with Gasteiger partial charge in [-0.2, -0.15) is 0 Å². The van der Waals surface area contributed by atoms with Crippen LogP contribution < -0.4 is 5.32 Å². The lowest BCUT2D eigenvalue weighted by Gasteiger charge is -2.39. The molecule has 1 atom stereocenters. The average molecular weight is 280 g/mol. The first-order chi connectivity index (χ1) is 9.42. The fraction of sp³-hybridized carbons (Fsp3) is 0.857. The fourth-order valence-corrected chi connectivity index (χ4v) is 2.60. The molecule has 1 saturated carbocycles. The monoisotopic (exact) mass is 280 g/mol. The Morgan fingerprint density at radius 1 is 1.35 bits per heavy atom. The van der Waals surface area contributed by atoms with Crippen molar-refractivity contribution >= 4 is 12.1 Å². The molecule has 0 aromatic carbocycles. The Labute approximate surface area is 120 Å². The molecule has 6 nitrogen and oxygen atoms in total.